The Kier molecular flexibility index (Phi) is 4.25. The van der Waals surface area contributed by atoms with Gasteiger partial charge in [-0.1, -0.05) is 5.92 Å². The predicted molar refractivity (Wildman–Crippen MR) is 49.7 cm³/mol. The lowest BCUT2D eigenvalue weighted by Gasteiger charge is -2.42. The maximum absolute atomic E-state index is 9.88. The Labute approximate surface area is 86.7 Å². The zero-order chi connectivity index (χ0) is 9.35. The highest BCUT2D eigenvalue weighted by molar-refractivity contribution is 5.11. The van der Waals surface area contributed by atoms with E-state index in [0.29, 0.717) is 24.9 Å². The predicted octanol–water partition coefficient (Wildman–Crippen LogP) is -2.14. The molecule has 13 heavy (non-hydrogen) atoms. The number of terminal acetylenes is 1. The normalized spacial score (nSPS) is 40.5. The highest BCUT2D eigenvalue weighted by Gasteiger charge is 2.37. The Hall–Kier alpha value is -0.230. The van der Waals surface area contributed by atoms with Gasteiger partial charge in [-0.25, -0.2) is 0 Å². The Balaban J connectivity index is 0.00000144. The van der Waals surface area contributed by atoms with Gasteiger partial charge in [0, 0.05) is 24.9 Å². The van der Waals surface area contributed by atoms with Crippen LogP contribution in [-0.4, -0.2) is 34.7 Å². The van der Waals surface area contributed by atoms with Crippen LogP contribution >= 0.6 is 0 Å². The van der Waals surface area contributed by atoms with E-state index in [1.165, 1.54) is 0 Å². The Morgan fingerprint density at radius 3 is 2.08 bits per heavy atom. The molecule has 0 aromatic rings. The van der Waals surface area contributed by atoms with Gasteiger partial charge >= 0.3 is 0 Å². The summed E-state index contributed by atoms with van der Waals surface area (Å²) < 4.78 is 0. The Morgan fingerprint density at radius 2 is 1.77 bits per heavy atom. The van der Waals surface area contributed by atoms with E-state index in [2.05, 4.69) is 31.7 Å². The Bertz CT molecular complexity index is 199. The number of hydrogen-bond acceptors (Lipinski definition) is 2. The summed E-state index contributed by atoms with van der Waals surface area (Å²) in [5.74, 6) is 2.49. The molecule has 0 aliphatic carbocycles. The zero-order valence-corrected chi connectivity index (χ0v) is 9.17. The summed E-state index contributed by atoms with van der Waals surface area (Å²) in [6.45, 7) is 4.19. The molecule has 1 aliphatic rings. The lowest BCUT2D eigenvalue weighted by atomic mass is 9.84. The van der Waals surface area contributed by atoms with E-state index in [0.717, 1.165) is 0 Å². The van der Waals surface area contributed by atoms with Gasteiger partial charge in [-0.3, -0.25) is 0 Å². The van der Waals surface area contributed by atoms with E-state index in [1.54, 1.807) is 0 Å². The van der Waals surface area contributed by atoms with Crippen LogP contribution in [0.15, 0.2) is 0 Å². The van der Waals surface area contributed by atoms with E-state index >= 15 is 0 Å². The van der Waals surface area contributed by atoms with Gasteiger partial charge in [0.1, 0.15) is 5.60 Å². The average Bonchev–Trinajstić information content (AvgIpc) is 2.00. The van der Waals surface area contributed by atoms with Crippen molar-refractivity contribution in [2.24, 2.45) is 0 Å². The second-order valence-electron chi connectivity index (χ2n) is 3.95. The van der Waals surface area contributed by atoms with Gasteiger partial charge in [0.05, 0.1) is 0 Å². The van der Waals surface area contributed by atoms with Crippen LogP contribution in [-0.2, 0) is 0 Å². The fraction of sp³-hybridized carbons (Fsp3) is 0.800. The molecule has 2 unspecified atom stereocenters. The molecular weight excluding hydrogens is 186 g/mol. The van der Waals surface area contributed by atoms with Crippen molar-refractivity contribution in [3.63, 3.8) is 0 Å². The second-order valence-corrected chi connectivity index (χ2v) is 3.95. The first-order valence-electron chi connectivity index (χ1n) is 4.40. The molecule has 3 heteroatoms. The minimum Gasteiger partial charge on any atom is -1.00 e. The van der Waals surface area contributed by atoms with Gasteiger partial charge in [0.25, 0.3) is 0 Å². The second kappa shape index (κ2) is 4.32. The largest absolute Gasteiger partial charge is 1.00 e. The van der Waals surface area contributed by atoms with Gasteiger partial charge in [-0.2, -0.15) is 0 Å². The van der Waals surface area contributed by atoms with Crippen LogP contribution < -0.4 is 12.4 Å². The fourth-order valence-electron chi connectivity index (χ4n) is 1.90. The van der Waals surface area contributed by atoms with Crippen molar-refractivity contribution in [1.29, 1.82) is 0 Å². The van der Waals surface area contributed by atoms with Crippen LogP contribution in [0.4, 0.5) is 0 Å². The van der Waals surface area contributed by atoms with E-state index < -0.39 is 5.60 Å². The summed E-state index contributed by atoms with van der Waals surface area (Å²) in [4.78, 5) is 2.26. The zero-order valence-electron chi connectivity index (χ0n) is 8.42. The molecule has 1 fully saturated rings. The van der Waals surface area contributed by atoms with Gasteiger partial charge in [-0.15, -0.1) is 6.42 Å². The van der Waals surface area contributed by atoms with Crippen LogP contribution in [0.1, 0.15) is 26.7 Å². The van der Waals surface area contributed by atoms with Crippen LogP contribution in [0.3, 0.4) is 0 Å². The van der Waals surface area contributed by atoms with Gasteiger partial charge in [0.2, 0.25) is 0 Å². The van der Waals surface area contributed by atoms with Crippen molar-refractivity contribution in [1.82, 2.24) is 4.90 Å². The molecule has 0 amide bonds. The molecule has 0 saturated carbocycles. The molecule has 1 aliphatic heterocycles. The van der Waals surface area contributed by atoms with E-state index in [4.69, 9.17) is 6.42 Å². The number of rotatable bonds is 0. The molecule has 0 bridgehead atoms. The SMILES string of the molecule is C#CC1(O)CC(C)N(C)C(C)C1.[Cl-]. The molecule has 0 radical (unpaired) electrons. The molecule has 1 N–H and O–H groups in total. The van der Waals surface area contributed by atoms with Crippen LogP contribution in [0.2, 0.25) is 0 Å². The van der Waals surface area contributed by atoms with Crippen LogP contribution in [0.25, 0.3) is 0 Å². The molecule has 1 rings (SSSR count). The first kappa shape index (κ1) is 12.8. The van der Waals surface area contributed by atoms with Gasteiger partial charge in [-0.05, 0) is 20.9 Å². The lowest BCUT2D eigenvalue weighted by Crippen LogP contribution is -3.00. The third-order valence-electron chi connectivity index (χ3n) is 2.93. The third-order valence-corrected chi connectivity index (χ3v) is 2.93. The monoisotopic (exact) mass is 202 g/mol. The third kappa shape index (κ3) is 2.60. The summed E-state index contributed by atoms with van der Waals surface area (Å²) in [5.41, 5.74) is -0.870. The first-order valence-corrected chi connectivity index (χ1v) is 4.40. The van der Waals surface area contributed by atoms with E-state index in [9.17, 15) is 5.11 Å². The van der Waals surface area contributed by atoms with Crippen molar-refractivity contribution in [2.75, 3.05) is 7.05 Å². The van der Waals surface area contributed by atoms with Crippen molar-refractivity contribution in [3.8, 4) is 12.3 Å². The molecule has 0 spiro atoms. The number of hydrogen-bond donors (Lipinski definition) is 1. The lowest BCUT2D eigenvalue weighted by molar-refractivity contribution is -0.0170. The highest BCUT2D eigenvalue weighted by atomic mass is 35.5. The smallest absolute Gasteiger partial charge is 0.128 e. The summed E-state index contributed by atoms with van der Waals surface area (Å²) in [6, 6.07) is 0.740. The minimum absolute atomic E-state index is 0. The maximum atomic E-state index is 9.88. The number of piperidine rings is 1. The number of nitrogens with zero attached hydrogens (tertiary/aromatic N) is 1. The van der Waals surface area contributed by atoms with Gasteiger partial charge in [0.15, 0.2) is 0 Å². The van der Waals surface area contributed by atoms with Crippen molar-refractivity contribution in [2.45, 2.75) is 44.4 Å². The van der Waals surface area contributed by atoms with Crippen molar-refractivity contribution >= 4 is 0 Å². The summed E-state index contributed by atoms with van der Waals surface area (Å²) in [7, 11) is 2.07. The van der Waals surface area contributed by atoms with E-state index in [1.807, 2.05) is 0 Å². The molecule has 1 heterocycles. The molecule has 76 valence electrons. The summed E-state index contributed by atoms with van der Waals surface area (Å²) in [5, 5.41) is 9.88. The first-order chi connectivity index (χ1) is 5.48. The van der Waals surface area contributed by atoms with Crippen LogP contribution in [0.5, 0.6) is 0 Å². The van der Waals surface area contributed by atoms with Crippen LogP contribution in [0, 0.1) is 12.3 Å². The van der Waals surface area contributed by atoms with Gasteiger partial charge < -0.3 is 22.4 Å². The Morgan fingerprint density at radius 1 is 1.38 bits per heavy atom. The molecule has 1 saturated heterocycles. The summed E-state index contributed by atoms with van der Waals surface area (Å²) >= 11 is 0. The molecule has 2 atom stereocenters. The molecular formula is C10H17ClNO-. The fourth-order valence-corrected chi connectivity index (χ4v) is 1.90. The molecule has 0 aromatic carbocycles. The number of likely N-dealkylation sites (tertiary alicyclic amines) is 1. The standard InChI is InChI=1S/C10H17NO.ClH/c1-5-10(12)6-8(2)11(4)9(3)7-10;/h1,8-9,12H,6-7H2,2-4H3;1H/p-1. The summed E-state index contributed by atoms with van der Waals surface area (Å²) in [6.07, 6.45) is 6.66. The van der Waals surface area contributed by atoms with Crippen molar-refractivity contribution in [3.05, 3.63) is 0 Å². The quantitative estimate of drug-likeness (QED) is 0.454. The van der Waals surface area contributed by atoms with Crippen molar-refractivity contribution < 1.29 is 17.5 Å². The average molecular weight is 203 g/mol. The highest BCUT2D eigenvalue weighted by Crippen LogP contribution is 2.29. The van der Waals surface area contributed by atoms with E-state index in [-0.39, 0.29) is 12.4 Å². The molecule has 2 nitrogen and oxygen atoms in total. The molecule has 0 aromatic heterocycles. The maximum Gasteiger partial charge on any atom is 0.128 e. The number of aliphatic hydroxyl groups is 1. The topological polar surface area (TPSA) is 23.5 Å². The number of halogens is 1. The minimum atomic E-state index is -0.870.